The van der Waals surface area contributed by atoms with E-state index in [1.165, 1.54) is 0 Å². The molecule has 0 spiro atoms. The van der Waals surface area contributed by atoms with Gasteiger partial charge in [-0.15, -0.1) is 0 Å². The zero-order chi connectivity index (χ0) is 11.7. The lowest BCUT2D eigenvalue weighted by atomic mass is 10.1. The first-order valence-electron chi connectivity index (χ1n) is 4.97. The topological polar surface area (TPSA) is 49.3 Å². The van der Waals surface area contributed by atoms with Crippen LogP contribution in [-0.4, -0.2) is 23.7 Å². The van der Waals surface area contributed by atoms with Crippen LogP contribution in [0.2, 0.25) is 0 Å². The van der Waals surface area contributed by atoms with Gasteiger partial charge in [0.2, 0.25) is 0 Å². The van der Waals surface area contributed by atoms with Crippen molar-refractivity contribution in [1.82, 2.24) is 5.32 Å². The van der Waals surface area contributed by atoms with Crippen LogP contribution in [0.15, 0.2) is 36.5 Å². The van der Waals surface area contributed by atoms with Crippen LogP contribution in [-0.2, 0) is 4.79 Å². The minimum atomic E-state index is -0.684. The summed E-state index contributed by atoms with van der Waals surface area (Å²) in [7, 11) is 0. The molecule has 0 fully saturated rings. The van der Waals surface area contributed by atoms with E-state index in [2.05, 4.69) is 11.9 Å². The van der Waals surface area contributed by atoms with E-state index in [9.17, 15) is 4.79 Å². The Hall–Kier alpha value is -1.19. The smallest absolute Gasteiger partial charge is 0.137 e. The van der Waals surface area contributed by atoms with E-state index in [4.69, 9.17) is 5.11 Å². The molecule has 0 saturated carbocycles. The Labute approximate surface area is 91.2 Å². The normalized spacial score (nSPS) is 16.3. The van der Waals surface area contributed by atoms with Crippen molar-refractivity contribution in [3.63, 3.8) is 0 Å². The van der Waals surface area contributed by atoms with E-state index in [1.54, 1.807) is 13.0 Å². The van der Waals surface area contributed by atoms with Gasteiger partial charge in [0.05, 0.1) is 6.04 Å². The van der Waals surface area contributed by atoms with E-state index >= 15 is 0 Å². The van der Waals surface area contributed by atoms with Gasteiger partial charge in [0.1, 0.15) is 12.5 Å². The fourth-order valence-corrected chi connectivity index (χ4v) is 1.27. The van der Waals surface area contributed by atoms with Crippen molar-refractivity contribution in [2.75, 3.05) is 0 Å². The molecule has 0 rings (SSSR count). The van der Waals surface area contributed by atoms with E-state index < -0.39 is 6.23 Å². The van der Waals surface area contributed by atoms with Gasteiger partial charge in [0, 0.05) is 0 Å². The van der Waals surface area contributed by atoms with Gasteiger partial charge in [0.25, 0.3) is 0 Å². The fourth-order valence-electron chi connectivity index (χ4n) is 1.27. The van der Waals surface area contributed by atoms with Crippen molar-refractivity contribution in [2.24, 2.45) is 0 Å². The first-order valence-corrected chi connectivity index (χ1v) is 4.97. The first-order chi connectivity index (χ1) is 7.13. The summed E-state index contributed by atoms with van der Waals surface area (Å²) in [5.41, 5.74) is 0.998. The molecule has 1 unspecified atom stereocenters. The van der Waals surface area contributed by atoms with Gasteiger partial charge in [-0.25, -0.2) is 0 Å². The SMILES string of the molecule is C=C/C=C(\C=C/C)C[C@H](C=O)NC(C)O. The summed E-state index contributed by atoms with van der Waals surface area (Å²) in [5, 5.41) is 11.9. The first kappa shape index (κ1) is 13.8. The van der Waals surface area contributed by atoms with Crippen LogP contribution >= 0.6 is 0 Å². The number of aliphatic hydroxyl groups excluding tert-OH is 1. The van der Waals surface area contributed by atoms with Gasteiger partial charge in [-0.3, -0.25) is 5.32 Å². The third kappa shape index (κ3) is 6.82. The van der Waals surface area contributed by atoms with Gasteiger partial charge in [-0.1, -0.05) is 30.9 Å². The van der Waals surface area contributed by atoms with Gasteiger partial charge in [-0.05, 0) is 25.8 Å². The molecule has 0 aromatic rings. The van der Waals surface area contributed by atoms with Crippen LogP contribution in [0.5, 0.6) is 0 Å². The van der Waals surface area contributed by atoms with E-state index in [-0.39, 0.29) is 6.04 Å². The van der Waals surface area contributed by atoms with Crippen molar-refractivity contribution in [3.8, 4) is 0 Å². The van der Waals surface area contributed by atoms with Crippen LogP contribution in [0.25, 0.3) is 0 Å². The Morgan fingerprint density at radius 2 is 2.27 bits per heavy atom. The predicted octanol–water partition coefficient (Wildman–Crippen LogP) is 1.56. The summed E-state index contributed by atoms with van der Waals surface area (Å²) in [4.78, 5) is 10.7. The zero-order valence-electron chi connectivity index (χ0n) is 9.31. The molecule has 2 atom stereocenters. The standard InChI is InChI=1S/C12H19NO2/c1-4-6-11(7-5-2)8-12(9-14)13-10(3)15/h4-7,9-10,12-13,15H,1,8H2,2-3H3/b7-5-,11-6+/t10?,12-/m1/s1. The number of nitrogens with one attached hydrogen (secondary N) is 1. The van der Waals surface area contributed by atoms with Crippen LogP contribution in [0.3, 0.4) is 0 Å². The highest BCUT2D eigenvalue weighted by Gasteiger charge is 2.09. The average molecular weight is 209 g/mol. The van der Waals surface area contributed by atoms with E-state index in [0.717, 1.165) is 11.9 Å². The number of aliphatic hydroxyl groups is 1. The Bertz CT molecular complexity index is 254. The zero-order valence-corrected chi connectivity index (χ0v) is 9.31. The van der Waals surface area contributed by atoms with Gasteiger partial charge < -0.3 is 9.90 Å². The van der Waals surface area contributed by atoms with Crippen LogP contribution in [0.4, 0.5) is 0 Å². The number of aldehydes is 1. The quantitative estimate of drug-likeness (QED) is 0.380. The molecule has 0 aliphatic rings. The summed E-state index contributed by atoms with van der Waals surface area (Å²) in [6, 6.07) is -0.368. The Morgan fingerprint density at radius 1 is 1.60 bits per heavy atom. The molecular weight excluding hydrogens is 190 g/mol. The third-order valence-electron chi connectivity index (χ3n) is 1.79. The van der Waals surface area contributed by atoms with Crippen molar-refractivity contribution in [3.05, 3.63) is 36.5 Å². The molecule has 0 aromatic heterocycles. The molecule has 0 heterocycles. The van der Waals surface area contributed by atoms with E-state index in [1.807, 2.05) is 25.2 Å². The summed E-state index contributed by atoms with van der Waals surface area (Å²) in [6.07, 6.45) is 8.01. The molecule has 0 amide bonds. The summed E-state index contributed by atoms with van der Waals surface area (Å²) in [6.45, 7) is 7.11. The van der Waals surface area contributed by atoms with Crippen molar-refractivity contribution in [2.45, 2.75) is 32.5 Å². The molecular formula is C12H19NO2. The number of carbonyl (C=O) groups excluding carboxylic acids is 1. The third-order valence-corrected chi connectivity index (χ3v) is 1.79. The number of rotatable bonds is 7. The number of hydrogen-bond donors (Lipinski definition) is 2. The fraction of sp³-hybridized carbons (Fsp3) is 0.417. The lowest BCUT2D eigenvalue weighted by Gasteiger charge is -2.15. The molecule has 84 valence electrons. The largest absolute Gasteiger partial charge is 0.379 e. The van der Waals surface area contributed by atoms with Gasteiger partial charge in [-0.2, -0.15) is 0 Å². The molecule has 2 N–H and O–H groups in total. The molecule has 3 nitrogen and oxygen atoms in total. The molecule has 0 radical (unpaired) electrons. The number of hydrogen-bond acceptors (Lipinski definition) is 3. The maximum atomic E-state index is 10.7. The maximum Gasteiger partial charge on any atom is 0.137 e. The monoisotopic (exact) mass is 209 g/mol. The lowest BCUT2D eigenvalue weighted by Crippen LogP contribution is -2.37. The molecule has 0 aromatic carbocycles. The summed E-state index contributed by atoms with van der Waals surface area (Å²) < 4.78 is 0. The second kappa shape index (κ2) is 8.15. The number of allylic oxidation sites excluding steroid dienone is 4. The predicted molar refractivity (Wildman–Crippen MR) is 62.4 cm³/mol. The van der Waals surface area contributed by atoms with Crippen LogP contribution < -0.4 is 5.32 Å². The highest BCUT2D eigenvalue weighted by atomic mass is 16.3. The second-order valence-electron chi connectivity index (χ2n) is 3.27. The maximum absolute atomic E-state index is 10.7. The van der Waals surface area contributed by atoms with Crippen molar-refractivity contribution >= 4 is 6.29 Å². The van der Waals surface area contributed by atoms with Crippen molar-refractivity contribution < 1.29 is 9.90 Å². The average Bonchev–Trinajstić information content (AvgIpc) is 2.16. The van der Waals surface area contributed by atoms with E-state index in [0.29, 0.717) is 6.42 Å². The summed E-state index contributed by atoms with van der Waals surface area (Å²) >= 11 is 0. The highest BCUT2D eigenvalue weighted by Crippen LogP contribution is 2.07. The molecule has 15 heavy (non-hydrogen) atoms. The molecule has 0 aliphatic heterocycles. The minimum Gasteiger partial charge on any atom is -0.379 e. The van der Waals surface area contributed by atoms with Crippen molar-refractivity contribution in [1.29, 1.82) is 0 Å². The molecule has 0 aliphatic carbocycles. The second-order valence-corrected chi connectivity index (χ2v) is 3.27. The van der Waals surface area contributed by atoms with Gasteiger partial charge in [0.15, 0.2) is 0 Å². The Morgan fingerprint density at radius 3 is 2.67 bits per heavy atom. The summed E-state index contributed by atoms with van der Waals surface area (Å²) in [5.74, 6) is 0. The molecule has 0 bridgehead atoms. The van der Waals surface area contributed by atoms with Crippen LogP contribution in [0.1, 0.15) is 20.3 Å². The van der Waals surface area contributed by atoms with Crippen LogP contribution in [0, 0.1) is 0 Å². The number of carbonyl (C=O) groups is 1. The minimum absolute atomic E-state index is 0.368. The molecule has 3 heteroatoms. The van der Waals surface area contributed by atoms with Gasteiger partial charge >= 0.3 is 0 Å². The Balaban J connectivity index is 4.41. The molecule has 0 saturated heterocycles. The Kier molecular flexibility index (Phi) is 7.50. The lowest BCUT2D eigenvalue weighted by molar-refractivity contribution is -0.110. The highest BCUT2D eigenvalue weighted by molar-refractivity contribution is 5.58.